The molecule has 134 valence electrons. The van der Waals surface area contributed by atoms with E-state index in [0.717, 1.165) is 19.3 Å². The summed E-state index contributed by atoms with van der Waals surface area (Å²) >= 11 is 0. The fraction of sp³-hybridized carbons (Fsp3) is 0.588. The average molecular weight is 353 g/mol. The SMILES string of the molecule is CC[C@@H](C)N[C@@H](C)C(=O)Nc1ccc(S(=O)(=O)N2CCCC2)cc1. The van der Waals surface area contributed by atoms with E-state index in [9.17, 15) is 13.2 Å². The number of benzene rings is 1. The van der Waals surface area contributed by atoms with Crippen LogP contribution in [0.5, 0.6) is 0 Å². The molecule has 2 atom stereocenters. The summed E-state index contributed by atoms with van der Waals surface area (Å²) in [5, 5.41) is 6.02. The van der Waals surface area contributed by atoms with Crippen LogP contribution in [0, 0.1) is 0 Å². The summed E-state index contributed by atoms with van der Waals surface area (Å²) in [4.78, 5) is 12.4. The summed E-state index contributed by atoms with van der Waals surface area (Å²) < 4.78 is 26.4. The van der Waals surface area contributed by atoms with E-state index in [1.165, 1.54) is 4.31 Å². The first-order valence-electron chi connectivity index (χ1n) is 8.51. The molecule has 1 aliphatic heterocycles. The van der Waals surface area contributed by atoms with Crippen LogP contribution in [0.25, 0.3) is 0 Å². The Morgan fingerprint density at radius 2 is 1.75 bits per heavy atom. The molecular weight excluding hydrogens is 326 g/mol. The largest absolute Gasteiger partial charge is 0.325 e. The van der Waals surface area contributed by atoms with Gasteiger partial charge >= 0.3 is 0 Å². The Hall–Kier alpha value is -1.44. The second kappa shape index (κ2) is 8.09. The van der Waals surface area contributed by atoms with E-state index in [1.807, 2.05) is 13.8 Å². The third-order valence-electron chi connectivity index (χ3n) is 4.36. The smallest absolute Gasteiger partial charge is 0.243 e. The van der Waals surface area contributed by atoms with Gasteiger partial charge in [-0.25, -0.2) is 8.42 Å². The lowest BCUT2D eigenvalue weighted by molar-refractivity contribution is -0.117. The van der Waals surface area contributed by atoms with Crippen molar-refractivity contribution in [3.05, 3.63) is 24.3 Å². The van der Waals surface area contributed by atoms with Crippen molar-refractivity contribution in [2.24, 2.45) is 0 Å². The zero-order valence-electron chi connectivity index (χ0n) is 14.6. The van der Waals surface area contributed by atoms with Crippen molar-refractivity contribution in [2.45, 2.75) is 57.0 Å². The first-order valence-corrected chi connectivity index (χ1v) is 9.95. The third-order valence-corrected chi connectivity index (χ3v) is 6.28. The number of carbonyl (C=O) groups excluding carboxylic acids is 1. The quantitative estimate of drug-likeness (QED) is 0.788. The van der Waals surface area contributed by atoms with Crippen LogP contribution in [0.3, 0.4) is 0 Å². The maximum Gasteiger partial charge on any atom is 0.243 e. The first-order chi connectivity index (χ1) is 11.3. The maximum absolute atomic E-state index is 12.5. The predicted molar refractivity (Wildman–Crippen MR) is 95.4 cm³/mol. The molecule has 1 heterocycles. The van der Waals surface area contributed by atoms with E-state index < -0.39 is 10.0 Å². The molecule has 0 spiro atoms. The van der Waals surface area contributed by atoms with Gasteiger partial charge in [-0.2, -0.15) is 4.31 Å². The zero-order chi connectivity index (χ0) is 17.7. The van der Waals surface area contributed by atoms with Gasteiger partial charge in [0, 0.05) is 24.8 Å². The predicted octanol–water partition coefficient (Wildman–Crippen LogP) is 2.19. The van der Waals surface area contributed by atoms with Gasteiger partial charge in [-0.15, -0.1) is 0 Å². The average Bonchev–Trinajstić information content (AvgIpc) is 3.10. The van der Waals surface area contributed by atoms with Crippen molar-refractivity contribution in [2.75, 3.05) is 18.4 Å². The lowest BCUT2D eigenvalue weighted by Crippen LogP contribution is -2.42. The van der Waals surface area contributed by atoms with Crippen LogP contribution in [0.4, 0.5) is 5.69 Å². The topological polar surface area (TPSA) is 78.5 Å². The van der Waals surface area contributed by atoms with Crippen LogP contribution in [0.1, 0.15) is 40.0 Å². The monoisotopic (exact) mass is 353 g/mol. The Morgan fingerprint density at radius 1 is 1.17 bits per heavy atom. The molecule has 1 fully saturated rings. The minimum Gasteiger partial charge on any atom is -0.325 e. The molecule has 0 bridgehead atoms. The van der Waals surface area contributed by atoms with Crippen LogP contribution in [0.2, 0.25) is 0 Å². The summed E-state index contributed by atoms with van der Waals surface area (Å²) in [6.07, 6.45) is 2.77. The highest BCUT2D eigenvalue weighted by atomic mass is 32.2. The highest BCUT2D eigenvalue weighted by Gasteiger charge is 2.27. The van der Waals surface area contributed by atoms with Crippen molar-refractivity contribution < 1.29 is 13.2 Å². The molecule has 2 rings (SSSR count). The molecule has 7 heteroatoms. The Labute approximate surface area is 144 Å². The molecule has 0 aromatic heterocycles. The number of amides is 1. The van der Waals surface area contributed by atoms with Gasteiger partial charge in [0.15, 0.2) is 0 Å². The molecule has 1 amide bonds. The Balaban J connectivity index is 2.00. The summed E-state index contributed by atoms with van der Waals surface area (Å²) in [7, 11) is -3.41. The van der Waals surface area contributed by atoms with Crippen LogP contribution in [-0.2, 0) is 14.8 Å². The molecule has 6 nitrogen and oxygen atoms in total. The van der Waals surface area contributed by atoms with E-state index in [2.05, 4.69) is 17.6 Å². The molecule has 0 aliphatic carbocycles. The van der Waals surface area contributed by atoms with E-state index >= 15 is 0 Å². The normalized spacial score (nSPS) is 18.3. The summed E-state index contributed by atoms with van der Waals surface area (Å²) in [6, 6.07) is 6.33. The lowest BCUT2D eigenvalue weighted by atomic mass is 10.2. The summed E-state index contributed by atoms with van der Waals surface area (Å²) in [5.41, 5.74) is 0.596. The van der Waals surface area contributed by atoms with Crippen molar-refractivity contribution in [1.82, 2.24) is 9.62 Å². The van der Waals surface area contributed by atoms with E-state index in [-0.39, 0.29) is 22.9 Å². The van der Waals surface area contributed by atoms with Gasteiger partial charge in [-0.3, -0.25) is 4.79 Å². The number of sulfonamides is 1. The minimum absolute atomic E-state index is 0.134. The third kappa shape index (κ3) is 4.55. The zero-order valence-corrected chi connectivity index (χ0v) is 15.4. The number of nitrogens with one attached hydrogen (secondary N) is 2. The van der Waals surface area contributed by atoms with Crippen LogP contribution < -0.4 is 10.6 Å². The van der Waals surface area contributed by atoms with Gasteiger partial charge in [0.25, 0.3) is 0 Å². The second-order valence-electron chi connectivity index (χ2n) is 6.32. The van der Waals surface area contributed by atoms with Gasteiger partial charge in [-0.05, 0) is 57.4 Å². The van der Waals surface area contributed by atoms with Gasteiger partial charge in [-0.1, -0.05) is 6.92 Å². The molecule has 1 aliphatic rings. The second-order valence-corrected chi connectivity index (χ2v) is 8.26. The number of hydrogen-bond acceptors (Lipinski definition) is 4. The highest BCUT2D eigenvalue weighted by molar-refractivity contribution is 7.89. The molecule has 1 saturated heterocycles. The van der Waals surface area contributed by atoms with E-state index in [0.29, 0.717) is 18.8 Å². The Kier molecular flexibility index (Phi) is 6.37. The van der Waals surface area contributed by atoms with Crippen LogP contribution in [-0.4, -0.2) is 43.8 Å². The first kappa shape index (κ1) is 18.9. The van der Waals surface area contributed by atoms with Crippen LogP contribution in [0.15, 0.2) is 29.2 Å². The molecule has 0 radical (unpaired) electrons. The standard InChI is InChI=1S/C17H27N3O3S/c1-4-13(2)18-14(3)17(21)19-15-7-9-16(10-8-15)24(22,23)20-11-5-6-12-20/h7-10,13-14,18H,4-6,11-12H2,1-3H3,(H,19,21)/t13-,14+/m1/s1. The minimum atomic E-state index is -3.41. The van der Waals surface area contributed by atoms with Gasteiger partial charge < -0.3 is 10.6 Å². The Bertz CT molecular complexity index is 652. The molecule has 1 aromatic carbocycles. The summed E-state index contributed by atoms with van der Waals surface area (Å²) in [5.74, 6) is -0.134. The highest BCUT2D eigenvalue weighted by Crippen LogP contribution is 2.22. The van der Waals surface area contributed by atoms with E-state index in [4.69, 9.17) is 0 Å². The van der Waals surface area contributed by atoms with Crippen molar-refractivity contribution in [3.8, 4) is 0 Å². The molecular formula is C17H27N3O3S. The fourth-order valence-electron chi connectivity index (χ4n) is 2.66. The van der Waals surface area contributed by atoms with Crippen LogP contribution >= 0.6 is 0 Å². The van der Waals surface area contributed by atoms with Crippen molar-refractivity contribution in [3.63, 3.8) is 0 Å². The van der Waals surface area contributed by atoms with Gasteiger partial charge in [0.2, 0.25) is 15.9 Å². The molecule has 0 saturated carbocycles. The van der Waals surface area contributed by atoms with Crippen molar-refractivity contribution in [1.29, 1.82) is 0 Å². The maximum atomic E-state index is 12.5. The molecule has 2 N–H and O–H groups in total. The number of hydrogen-bond donors (Lipinski definition) is 2. The lowest BCUT2D eigenvalue weighted by Gasteiger charge is -2.19. The van der Waals surface area contributed by atoms with E-state index in [1.54, 1.807) is 24.3 Å². The molecule has 0 unspecified atom stereocenters. The Morgan fingerprint density at radius 3 is 2.29 bits per heavy atom. The van der Waals surface area contributed by atoms with Gasteiger partial charge in [0.05, 0.1) is 10.9 Å². The number of carbonyl (C=O) groups is 1. The molecule has 24 heavy (non-hydrogen) atoms. The van der Waals surface area contributed by atoms with Crippen molar-refractivity contribution >= 4 is 21.6 Å². The number of nitrogens with zero attached hydrogens (tertiary/aromatic N) is 1. The fourth-order valence-corrected chi connectivity index (χ4v) is 4.18. The molecule has 1 aromatic rings. The number of anilines is 1. The van der Waals surface area contributed by atoms with Gasteiger partial charge in [0.1, 0.15) is 0 Å². The number of rotatable bonds is 7. The summed E-state index contributed by atoms with van der Waals surface area (Å²) in [6.45, 7) is 7.07.